The second-order valence-corrected chi connectivity index (χ2v) is 6.53. The van der Waals surface area contributed by atoms with Gasteiger partial charge in [0, 0.05) is 24.0 Å². The second-order valence-electron chi connectivity index (χ2n) is 6.53. The number of hydrogen-bond donors (Lipinski definition) is 1. The molecule has 1 N–H and O–H groups in total. The van der Waals surface area contributed by atoms with Gasteiger partial charge in [0.25, 0.3) is 0 Å². The Bertz CT molecular complexity index is 956. The molecule has 1 amide bonds. The molecule has 1 heterocycles. The molecular formula is C22H25NO4. The largest absolute Gasteiger partial charge is 0.504 e. The fraction of sp³-hybridized carbons (Fsp3) is 0.318. The van der Waals surface area contributed by atoms with E-state index in [1.807, 2.05) is 49.9 Å². The van der Waals surface area contributed by atoms with Gasteiger partial charge in [0.2, 0.25) is 5.91 Å². The molecule has 0 radical (unpaired) electrons. The van der Waals surface area contributed by atoms with Crippen molar-refractivity contribution < 1.29 is 19.1 Å². The smallest absolute Gasteiger partial charge is 0.229 e. The Morgan fingerprint density at radius 2 is 1.89 bits per heavy atom. The number of hydrogen-bond acceptors (Lipinski definition) is 4. The quantitative estimate of drug-likeness (QED) is 0.681. The van der Waals surface area contributed by atoms with Crippen molar-refractivity contribution in [2.24, 2.45) is 0 Å². The van der Waals surface area contributed by atoms with E-state index in [2.05, 4.69) is 0 Å². The van der Waals surface area contributed by atoms with Crippen LogP contribution in [0.3, 0.4) is 0 Å². The summed E-state index contributed by atoms with van der Waals surface area (Å²) in [5.41, 5.74) is 2.54. The molecule has 27 heavy (non-hydrogen) atoms. The van der Waals surface area contributed by atoms with Crippen molar-refractivity contribution in [1.29, 1.82) is 0 Å². The van der Waals surface area contributed by atoms with E-state index in [0.717, 1.165) is 22.1 Å². The number of benzene rings is 2. The average molecular weight is 367 g/mol. The summed E-state index contributed by atoms with van der Waals surface area (Å²) in [4.78, 5) is 14.5. The predicted octanol–water partition coefficient (Wildman–Crippen LogP) is 4.79. The minimum absolute atomic E-state index is 0.0865. The fourth-order valence-corrected chi connectivity index (χ4v) is 3.26. The minimum atomic E-state index is -0.207. The van der Waals surface area contributed by atoms with Crippen LogP contribution in [-0.2, 0) is 4.79 Å². The van der Waals surface area contributed by atoms with E-state index in [-0.39, 0.29) is 17.6 Å². The van der Waals surface area contributed by atoms with E-state index in [1.165, 1.54) is 7.11 Å². The van der Waals surface area contributed by atoms with Crippen molar-refractivity contribution in [3.63, 3.8) is 0 Å². The summed E-state index contributed by atoms with van der Waals surface area (Å²) in [6.07, 6.45) is 0. The van der Waals surface area contributed by atoms with E-state index in [0.29, 0.717) is 24.6 Å². The zero-order valence-corrected chi connectivity index (χ0v) is 16.2. The lowest BCUT2D eigenvalue weighted by atomic mass is 9.98. The number of phenolic OH excluding ortho intramolecular Hbond substituents is 1. The predicted molar refractivity (Wildman–Crippen MR) is 106 cm³/mol. The van der Waals surface area contributed by atoms with Gasteiger partial charge >= 0.3 is 0 Å². The Morgan fingerprint density at radius 3 is 2.56 bits per heavy atom. The number of phenols is 1. The van der Waals surface area contributed by atoms with E-state index >= 15 is 0 Å². The van der Waals surface area contributed by atoms with E-state index < -0.39 is 0 Å². The number of likely N-dealkylation sites (N-methyl/N-ethyl adjacent to an activating group) is 1. The first-order valence-corrected chi connectivity index (χ1v) is 9.18. The molecule has 0 aliphatic carbocycles. The summed E-state index contributed by atoms with van der Waals surface area (Å²) in [7, 11) is 1.51. The molecule has 0 aliphatic heterocycles. The van der Waals surface area contributed by atoms with Crippen LogP contribution in [0.4, 0.5) is 0 Å². The van der Waals surface area contributed by atoms with Crippen molar-refractivity contribution in [3.8, 4) is 22.8 Å². The van der Waals surface area contributed by atoms with Crippen LogP contribution in [-0.4, -0.2) is 36.1 Å². The SMILES string of the molecule is CCN(CC)C(=O)C(C)c1ccc2oc(-c3ccc(O)c(OC)c3)cc2c1. The van der Waals surface area contributed by atoms with Gasteiger partial charge in [-0.2, -0.15) is 0 Å². The molecular weight excluding hydrogens is 342 g/mol. The number of ether oxygens (including phenoxy) is 1. The number of methoxy groups -OCH3 is 1. The zero-order valence-electron chi connectivity index (χ0n) is 16.2. The van der Waals surface area contributed by atoms with Crippen molar-refractivity contribution in [2.45, 2.75) is 26.7 Å². The maximum atomic E-state index is 12.6. The first-order chi connectivity index (χ1) is 13.0. The molecule has 0 bridgehead atoms. The van der Waals surface area contributed by atoms with Gasteiger partial charge in [0.05, 0.1) is 13.0 Å². The third kappa shape index (κ3) is 3.63. The van der Waals surface area contributed by atoms with Gasteiger partial charge < -0.3 is 19.2 Å². The molecule has 3 aromatic rings. The van der Waals surface area contributed by atoms with Gasteiger partial charge in [-0.05, 0) is 62.7 Å². The molecule has 5 nitrogen and oxygen atoms in total. The van der Waals surface area contributed by atoms with Crippen LogP contribution in [0.25, 0.3) is 22.3 Å². The Morgan fingerprint density at radius 1 is 1.15 bits per heavy atom. The number of carbonyl (C=O) groups excluding carboxylic acids is 1. The lowest BCUT2D eigenvalue weighted by Crippen LogP contribution is -2.33. The molecule has 0 saturated carbocycles. The Kier molecular flexibility index (Phi) is 5.40. The molecule has 1 aromatic heterocycles. The molecule has 0 spiro atoms. The molecule has 1 atom stereocenters. The molecule has 3 rings (SSSR count). The van der Waals surface area contributed by atoms with E-state index in [4.69, 9.17) is 9.15 Å². The first kappa shape index (κ1) is 18.8. The highest BCUT2D eigenvalue weighted by Crippen LogP contribution is 2.35. The van der Waals surface area contributed by atoms with Crippen LogP contribution in [0.2, 0.25) is 0 Å². The number of carbonyl (C=O) groups is 1. The fourth-order valence-electron chi connectivity index (χ4n) is 3.26. The van der Waals surface area contributed by atoms with Crippen LogP contribution in [0, 0.1) is 0 Å². The lowest BCUT2D eigenvalue weighted by molar-refractivity contribution is -0.132. The van der Waals surface area contributed by atoms with Gasteiger partial charge in [0.1, 0.15) is 11.3 Å². The van der Waals surface area contributed by atoms with Crippen molar-refractivity contribution in [3.05, 3.63) is 48.0 Å². The van der Waals surface area contributed by atoms with Crippen molar-refractivity contribution in [2.75, 3.05) is 20.2 Å². The maximum absolute atomic E-state index is 12.6. The summed E-state index contributed by atoms with van der Waals surface area (Å²) in [6, 6.07) is 12.9. The van der Waals surface area contributed by atoms with Crippen LogP contribution in [0.5, 0.6) is 11.5 Å². The maximum Gasteiger partial charge on any atom is 0.229 e. The standard InChI is InChI=1S/C22H25NO4/c1-5-23(6-2)22(25)14(3)15-8-10-19-17(11-15)13-20(27-19)16-7-9-18(24)21(12-16)26-4/h7-14,24H,5-6H2,1-4H3. The van der Waals surface area contributed by atoms with Crippen LogP contribution < -0.4 is 4.74 Å². The van der Waals surface area contributed by atoms with E-state index in [9.17, 15) is 9.90 Å². The number of fused-ring (bicyclic) bond motifs is 1. The highest BCUT2D eigenvalue weighted by atomic mass is 16.5. The zero-order chi connectivity index (χ0) is 19.6. The second kappa shape index (κ2) is 7.74. The third-order valence-electron chi connectivity index (χ3n) is 4.95. The topological polar surface area (TPSA) is 62.9 Å². The molecule has 0 aliphatic rings. The number of rotatable bonds is 6. The van der Waals surface area contributed by atoms with E-state index in [1.54, 1.807) is 18.2 Å². The molecule has 5 heteroatoms. The monoisotopic (exact) mass is 367 g/mol. The van der Waals surface area contributed by atoms with Crippen LogP contribution in [0.1, 0.15) is 32.3 Å². The molecule has 0 saturated heterocycles. The van der Waals surface area contributed by atoms with Gasteiger partial charge in [-0.25, -0.2) is 0 Å². The minimum Gasteiger partial charge on any atom is -0.504 e. The molecule has 2 aromatic carbocycles. The number of furan rings is 1. The Balaban J connectivity index is 1.94. The summed E-state index contributed by atoms with van der Waals surface area (Å²) < 4.78 is 11.1. The molecule has 1 unspecified atom stereocenters. The average Bonchev–Trinajstić information content (AvgIpc) is 3.11. The van der Waals surface area contributed by atoms with Crippen LogP contribution >= 0.6 is 0 Å². The number of amides is 1. The van der Waals surface area contributed by atoms with Crippen LogP contribution in [0.15, 0.2) is 46.9 Å². The molecule has 142 valence electrons. The molecule has 0 fully saturated rings. The van der Waals surface area contributed by atoms with Crippen molar-refractivity contribution >= 4 is 16.9 Å². The number of nitrogens with zero attached hydrogens (tertiary/aromatic N) is 1. The van der Waals surface area contributed by atoms with Gasteiger partial charge in [-0.1, -0.05) is 6.07 Å². The number of aromatic hydroxyl groups is 1. The summed E-state index contributed by atoms with van der Waals surface area (Å²) >= 11 is 0. The lowest BCUT2D eigenvalue weighted by Gasteiger charge is -2.23. The highest BCUT2D eigenvalue weighted by Gasteiger charge is 2.20. The summed E-state index contributed by atoms with van der Waals surface area (Å²) in [5, 5.41) is 10.7. The first-order valence-electron chi connectivity index (χ1n) is 9.18. The Hall–Kier alpha value is -2.95. The third-order valence-corrected chi connectivity index (χ3v) is 4.95. The van der Waals surface area contributed by atoms with Gasteiger partial charge in [-0.3, -0.25) is 4.79 Å². The Labute approximate surface area is 159 Å². The normalized spacial score (nSPS) is 12.1. The van der Waals surface area contributed by atoms with Gasteiger partial charge in [-0.15, -0.1) is 0 Å². The van der Waals surface area contributed by atoms with Crippen molar-refractivity contribution in [1.82, 2.24) is 4.90 Å². The summed E-state index contributed by atoms with van der Waals surface area (Å²) in [6.45, 7) is 7.34. The summed E-state index contributed by atoms with van der Waals surface area (Å²) in [5.74, 6) is 1.09. The highest BCUT2D eigenvalue weighted by molar-refractivity contribution is 5.87. The van der Waals surface area contributed by atoms with Gasteiger partial charge in [0.15, 0.2) is 11.5 Å².